The lowest BCUT2D eigenvalue weighted by Gasteiger charge is -2.14. The number of pyridine rings is 1. The molecule has 0 saturated heterocycles. The lowest BCUT2D eigenvalue weighted by Crippen LogP contribution is -2.18. The Morgan fingerprint density at radius 2 is 2.04 bits per heavy atom. The fourth-order valence-electron chi connectivity index (χ4n) is 2.33. The first-order chi connectivity index (χ1) is 11.8. The number of furan rings is 1. The first-order valence-electron chi connectivity index (χ1n) is 7.77. The van der Waals surface area contributed by atoms with Gasteiger partial charge in [0.1, 0.15) is 11.5 Å². The lowest BCUT2D eigenvalue weighted by atomic mass is 10.1. The summed E-state index contributed by atoms with van der Waals surface area (Å²) in [5, 5.41) is 3.45. The normalized spacial score (nSPS) is 11.9. The number of hydrogen-bond donors (Lipinski definition) is 1. The van der Waals surface area contributed by atoms with Crippen LogP contribution in [0, 0.1) is 0 Å². The number of ether oxygens (including phenoxy) is 2. The van der Waals surface area contributed by atoms with Crippen molar-refractivity contribution in [3.05, 3.63) is 72.3 Å². The van der Waals surface area contributed by atoms with Gasteiger partial charge in [0.2, 0.25) is 5.88 Å². The average molecular weight is 324 g/mol. The molecule has 1 aromatic carbocycles. The van der Waals surface area contributed by atoms with Crippen molar-refractivity contribution >= 4 is 0 Å². The average Bonchev–Trinajstić information content (AvgIpc) is 3.16. The standard InChI is InChI=1S/C19H20N2O3/c1-14(16-8-10-23-13-16)21-12-15-5-4-9-20-19(15)24-18-7-3-6-17(11-18)22-2/h3-11,13-14,21H,12H2,1-2H3. The zero-order chi connectivity index (χ0) is 16.8. The second kappa shape index (κ2) is 7.66. The molecule has 1 N–H and O–H groups in total. The number of nitrogens with one attached hydrogen (secondary N) is 1. The maximum absolute atomic E-state index is 5.93. The Bertz CT molecular complexity index is 772. The molecule has 0 fully saturated rings. The molecule has 0 radical (unpaired) electrons. The van der Waals surface area contributed by atoms with E-state index in [1.54, 1.807) is 25.8 Å². The molecular formula is C19H20N2O3. The van der Waals surface area contributed by atoms with Crippen molar-refractivity contribution in [1.29, 1.82) is 0 Å². The van der Waals surface area contributed by atoms with Gasteiger partial charge >= 0.3 is 0 Å². The zero-order valence-corrected chi connectivity index (χ0v) is 13.7. The van der Waals surface area contributed by atoms with Gasteiger partial charge in [0.15, 0.2) is 0 Å². The molecule has 3 aromatic rings. The number of nitrogens with zero attached hydrogens (tertiary/aromatic N) is 1. The van der Waals surface area contributed by atoms with E-state index in [1.165, 1.54) is 0 Å². The summed E-state index contributed by atoms with van der Waals surface area (Å²) in [7, 11) is 1.63. The summed E-state index contributed by atoms with van der Waals surface area (Å²) in [6.45, 7) is 2.73. The van der Waals surface area contributed by atoms with Gasteiger partial charge < -0.3 is 19.2 Å². The van der Waals surface area contributed by atoms with Crippen LogP contribution in [0.25, 0.3) is 0 Å². The molecule has 124 valence electrons. The monoisotopic (exact) mass is 324 g/mol. The minimum absolute atomic E-state index is 0.175. The van der Waals surface area contributed by atoms with Crippen LogP contribution in [0.15, 0.2) is 65.6 Å². The number of methoxy groups -OCH3 is 1. The number of benzene rings is 1. The Balaban J connectivity index is 1.70. The maximum Gasteiger partial charge on any atom is 0.223 e. The number of aromatic nitrogens is 1. The molecule has 2 heterocycles. The first kappa shape index (κ1) is 16.1. The molecule has 0 saturated carbocycles. The molecule has 0 aliphatic carbocycles. The predicted molar refractivity (Wildman–Crippen MR) is 91.3 cm³/mol. The van der Waals surface area contributed by atoms with Crippen molar-refractivity contribution in [2.24, 2.45) is 0 Å². The van der Waals surface area contributed by atoms with E-state index in [4.69, 9.17) is 13.9 Å². The fourth-order valence-corrected chi connectivity index (χ4v) is 2.33. The van der Waals surface area contributed by atoms with Gasteiger partial charge in [-0.2, -0.15) is 0 Å². The molecule has 0 aliphatic heterocycles. The van der Waals surface area contributed by atoms with E-state index in [-0.39, 0.29) is 6.04 Å². The summed E-state index contributed by atoms with van der Waals surface area (Å²) in [4.78, 5) is 4.35. The molecule has 0 amide bonds. The quantitative estimate of drug-likeness (QED) is 0.701. The summed E-state index contributed by atoms with van der Waals surface area (Å²) < 4.78 is 16.3. The van der Waals surface area contributed by atoms with E-state index in [0.717, 1.165) is 16.9 Å². The van der Waals surface area contributed by atoms with Gasteiger partial charge in [-0.05, 0) is 31.2 Å². The molecule has 0 aliphatic rings. The topological polar surface area (TPSA) is 56.5 Å². The molecule has 1 unspecified atom stereocenters. The van der Waals surface area contributed by atoms with Crippen molar-refractivity contribution in [3.63, 3.8) is 0 Å². The minimum Gasteiger partial charge on any atom is -0.497 e. The smallest absolute Gasteiger partial charge is 0.223 e. The highest BCUT2D eigenvalue weighted by molar-refractivity contribution is 5.37. The first-order valence-corrected chi connectivity index (χ1v) is 7.77. The summed E-state index contributed by atoms with van der Waals surface area (Å²) in [5.41, 5.74) is 2.09. The van der Waals surface area contributed by atoms with Crippen molar-refractivity contribution in [2.45, 2.75) is 19.5 Å². The van der Waals surface area contributed by atoms with E-state index < -0.39 is 0 Å². The predicted octanol–water partition coefficient (Wildman–Crippen LogP) is 4.33. The highest BCUT2D eigenvalue weighted by atomic mass is 16.5. The SMILES string of the molecule is COc1cccc(Oc2ncccc2CNC(C)c2ccoc2)c1. The van der Waals surface area contributed by atoms with Crippen LogP contribution in [-0.4, -0.2) is 12.1 Å². The van der Waals surface area contributed by atoms with Crippen LogP contribution in [0.4, 0.5) is 0 Å². The molecule has 5 heteroatoms. The summed E-state index contributed by atoms with van der Waals surface area (Å²) in [6, 6.07) is 13.5. The van der Waals surface area contributed by atoms with Crippen molar-refractivity contribution in [1.82, 2.24) is 10.3 Å². The minimum atomic E-state index is 0.175. The molecule has 2 aromatic heterocycles. The van der Waals surface area contributed by atoms with Crippen molar-refractivity contribution in [3.8, 4) is 17.4 Å². The number of rotatable bonds is 7. The van der Waals surface area contributed by atoms with Gasteiger partial charge in [0.05, 0.1) is 19.6 Å². The van der Waals surface area contributed by atoms with Gasteiger partial charge in [-0.1, -0.05) is 12.1 Å². The Hall–Kier alpha value is -2.79. The highest BCUT2D eigenvalue weighted by Gasteiger charge is 2.10. The van der Waals surface area contributed by atoms with Crippen LogP contribution in [0.1, 0.15) is 24.1 Å². The van der Waals surface area contributed by atoms with E-state index in [9.17, 15) is 0 Å². The van der Waals surface area contributed by atoms with Crippen molar-refractivity contribution in [2.75, 3.05) is 7.11 Å². The van der Waals surface area contributed by atoms with Crippen LogP contribution in [0.3, 0.4) is 0 Å². The van der Waals surface area contributed by atoms with E-state index in [0.29, 0.717) is 18.2 Å². The van der Waals surface area contributed by atoms with E-state index in [2.05, 4.69) is 17.2 Å². The largest absolute Gasteiger partial charge is 0.497 e. The molecule has 0 spiro atoms. The van der Waals surface area contributed by atoms with Crippen LogP contribution in [0.5, 0.6) is 17.4 Å². The molecule has 0 bridgehead atoms. The highest BCUT2D eigenvalue weighted by Crippen LogP contribution is 2.26. The van der Waals surface area contributed by atoms with Crippen LogP contribution >= 0.6 is 0 Å². The lowest BCUT2D eigenvalue weighted by molar-refractivity contribution is 0.406. The van der Waals surface area contributed by atoms with E-state index >= 15 is 0 Å². The molecule has 5 nitrogen and oxygen atoms in total. The summed E-state index contributed by atoms with van der Waals surface area (Å²) >= 11 is 0. The molecular weight excluding hydrogens is 304 g/mol. The third-order valence-corrected chi connectivity index (χ3v) is 3.75. The van der Waals surface area contributed by atoms with Gasteiger partial charge in [-0.15, -0.1) is 0 Å². The molecule has 1 atom stereocenters. The Morgan fingerprint density at radius 3 is 2.83 bits per heavy atom. The maximum atomic E-state index is 5.93. The van der Waals surface area contributed by atoms with Gasteiger partial charge in [0.25, 0.3) is 0 Å². The second-order valence-electron chi connectivity index (χ2n) is 5.41. The van der Waals surface area contributed by atoms with Gasteiger partial charge in [-0.25, -0.2) is 4.98 Å². The molecule has 24 heavy (non-hydrogen) atoms. The Kier molecular flexibility index (Phi) is 5.13. The molecule has 3 rings (SSSR count). The van der Waals surface area contributed by atoms with Crippen molar-refractivity contribution < 1.29 is 13.9 Å². The van der Waals surface area contributed by atoms with Crippen LogP contribution in [0.2, 0.25) is 0 Å². The van der Waals surface area contributed by atoms with Gasteiger partial charge in [0, 0.05) is 36.0 Å². The fraction of sp³-hybridized carbons (Fsp3) is 0.211. The van der Waals surface area contributed by atoms with Crippen LogP contribution in [-0.2, 0) is 6.54 Å². The third-order valence-electron chi connectivity index (χ3n) is 3.75. The Labute approximate surface area is 141 Å². The van der Waals surface area contributed by atoms with Gasteiger partial charge in [-0.3, -0.25) is 0 Å². The summed E-state index contributed by atoms with van der Waals surface area (Å²) in [5.74, 6) is 2.02. The zero-order valence-electron chi connectivity index (χ0n) is 13.7. The third kappa shape index (κ3) is 3.94. The van der Waals surface area contributed by atoms with Crippen LogP contribution < -0.4 is 14.8 Å². The second-order valence-corrected chi connectivity index (χ2v) is 5.41. The Morgan fingerprint density at radius 1 is 1.17 bits per heavy atom. The van der Waals surface area contributed by atoms with E-state index in [1.807, 2.05) is 42.5 Å². The summed E-state index contributed by atoms with van der Waals surface area (Å²) in [6.07, 6.45) is 5.14. The number of hydrogen-bond acceptors (Lipinski definition) is 5.